The molecule has 0 saturated carbocycles. The average molecular weight is 248 g/mol. The lowest BCUT2D eigenvalue weighted by molar-refractivity contribution is 0.173. The Balaban J connectivity index is 2.33. The Bertz CT molecular complexity index is 290. The first-order valence-electron chi connectivity index (χ1n) is 5.30. The van der Waals surface area contributed by atoms with E-state index in [0.717, 1.165) is 22.1 Å². The zero-order valence-corrected chi connectivity index (χ0v) is 10.7. The normalized spacial score (nSPS) is 15.2. The lowest BCUT2D eigenvalue weighted by Gasteiger charge is -2.15. The Hall–Kier alpha value is -0.0900. The van der Waals surface area contributed by atoms with Gasteiger partial charge in [0.05, 0.1) is 4.34 Å². The Morgan fingerprint density at radius 1 is 1.53 bits per heavy atom. The van der Waals surface area contributed by atoms with Gasteiger partial charge < -0.3 is 10.4 Å². The molecule has 1 heterocycles. The Morgan fingerprint density at radius 2 is 2.27 bits per heavy atom. The van der Waals surface area contributed by atoms with Gasteiger partial charge in [-0.15, -0.1) is 11.3 Å². The summed E-state index contributed by atoms with van der Waals surface area (Å²) < 4.78 is 0.727. The molecule has 1 rings (SSSR count). The van der Waals surface area contributed by atoms with Crippen LogP contribution in [0.1, 0.15) is 37.7 Å². The third-order valence-electron chi connectivity index (χ3n) is 2.30. The van der Waals surface area contributed by atoms with Crippen LogP contribution in [0.2, 0.25) is 4.34 Å². The minimum Gasteiger partial charge on any atom is -0.386 e. The standard InChI is InChI=1S/C11H18ClNOS/c1-3-4-8(2)13-7-9(14)10-5-6-11(12)15-10/h5-6,8-9,13-14H,3-4,7H2,1-2H3. The van der Waals surface area contributed by atoms with Crippen LogP contribution >= 0.6 is 22.9 Å². The maximum atomic E-state index is 9.84. The summed E-state index contributed by atoms with van der Waals surface area (Å²) in [4.78, 5) is 0.927. The zero-order chi connectivity index (χ0) is 11.3. The smallest absolute Gasteiger partial charge is 0.101 e. The van der Waals surface area contributed by atoms with Gasteiger partial charge in [0.2, 0.25) is 0 Å². The summed E-state index contributed by atoms with van der Waals surface area (Å²) >= 11 is 7.24. The Kier molecular flexibility index (Phi) is 5.61. The van der Waals surface area contributed by atoms with E-state index in [0.29, 0.717) is 12.6 Å². The first-order valence-corrected chi connectivity index (χ1v) is 6.49. The van der Waals surface area contributed by atoms with E-state index in [1.807, 2.05) is 12.1 Å². The summed E-state index contributed by atoms with van der Waals surface area (Å²) in [5, 5.41) is 13.1. The molecule has 1 aromatic heterocycles. The molecule has 0 radical (unpaired) electrons. The van der Waals surface area contributed by atoms with Crippen LogP contribution in [0.25, 0.3) is 0 Å². The van der Waals surface area contributed by atoms with Gasteiger partial charge in [0, 0.05) is 17.5 Å². The third kappa shape index (κ3) is 4.51. The molecule has 15 heavy (non-hydrogen) atoms. The molecule has 2 N–H and O–H groups in total. The first-order chi connectivity index (χ1) is 7.13. The number of rotatable bonds is 6. The van der Waals surface area contributed by atoms with E-state index in [-0.39, 0.29) is 0 Å². The van der Waals surface area contributed by atoms with Gasteiger partial charge in [-0.05, 0) is 25.5 Å². The molecular formula is C11H18ClNOS. The molecule has 0 aliphatic heterocycles. The first kappa shape index (κ1) is 13.0. The fraction of sp³-hybridized carbons (Fsp3) is 0.636. The highest BCUT2D eigenvalue weighted by Gasteiger charge is 2.11. The summed E-state index contributed by atoms with van der Waals surface area (Å²) in [6.07, 6.45) is 1.86. The molecule has 2 atom stereocenters. The van der Waals surface area contributed by atoms with Crippen molar-refractivity contribution in [2.24, 2.45) is 0 Å². The van der Waals surface area contributed by atoms with E-state index < -0.39 is 6.10 Å². The van der Waals surface area contributed by atoms with Crippen LogP contribution in [0.5, 0.6) is 0 Å². The van der Waals surface area contributed by atoms with E-state index in [1.165, 1.54) is 11.3 Å². The Labute approximate surface area is 100 Å². The molecule has 0 aromatic carbocycles. The monoisotopic (exact) mass is 247 g/mol. The molecule has 0 saturated heterocycles. The van der Waals surface area contributed by atoms with Crippen LogP contribution in [0.3, 0.4) is 0 Å². The summed E-state index contributed by atoms with van der Waals surface area (Å²) in [5.41, 5.74) is 0. The molecule has 0 spiro atoms. The van der Waals surface area contributed by atoms with Gasteiger partial charge in [-0.25, -0.2) is 0 Å². The van der Waals surface area contributed by atoms with Crippen LogP contribution in [0.4, 0.5) is 0 Å². The summed E-state index contributed by atoms with van der Waals surface area (Å²) in [5.74, 6) is 0. The fourth-order valence-corrected chi connectivity index (χ4v) is 2.50. The summed E-state index contributed by atoms with van der Waals surface area (Å²) in [6, 6.07) is 4.16. The van der Waals surface area contributed by atoms with E-state index >= 15 is 0 Å². The van der Waals surface area contributed by atoms with Crippen LogP contribution in [-0.2, 0) is 0 Å². The third-order valence-corrected chi connectivity index (χ3v) is 3.64. The SMILES string of the molecule is CCCC(C)NCC(O)c1ccc(Cl)s1. The van der Waals surface area contributed by atoms with E-state index in [4.69, 9.17) is 11.6 Å². The zero-order valence-electron chi connectivity index (χ0n) is 9.16. The number of halogens is 1. The molecule has 4 heteroatoms. The maximum absolute atomic E-state index is 9.84. The topological polar surface area (TPSA) is 32.3 Å². The van der Waals surface area contributed by atoms with Crippen LogP contribution in [-0.4, -0.2) is 17.7 Å². The molecule has 2 nitrogen and oxygen atoms in total. The van der Waals surface area contributed by atoms with Crippen molar-refractivity contribution < 1.29 is 5.11 Å². The average Bonchev–Trinajstić information content (AvgIpc) is 2.62. The quantitative estimate of drug-likeness (QED) is 0.809. The molecule has 2 unspecified atom stereocenters. The summed E-state index contributed by atoms with van der Waals surface area (Å²) in [6.45, 7) is 4.89. The molecule has 0 amide bonds. The number of hydrogen-bond donors (Lipinski definition) is 2. The molecule has 0 aliphatic carbocycles. The number of thiophene rings is 1. The predicted octanol–water partition coefficient (Wildman–Crippen LogP) is 3.21. The van der Waals surface area contributed by atoms with E-state index in [9.17, 15) is 5.11 Å². The van der Waals surface area contributed by atoms with E-state index in [2.05, 4.69) is 19.2 Å². The van der Waals surface area contributed by atoms with Gasteiger partial charge in [-0.1, -0.05) is 24.9 Å². The second-order valence-corrected chi connectivity index (χ2v) is 5.50. The van der Waals surface area contributed by atoms with Crippen molar-refractivity contribution in [3.05, 3.63) is 21.3 Å². The van der Waals surface area contributed by atoms with Crippen molar-refractivity contribution in [2.75, 3.05) is 6.54 Å². The van der Waals surface area contributed by atoms with Crippen molar-refractivity contribution in [3.8, 4) is 0 Å². The van der Waals surface area contributed by atoms with Gasteiger partial charge in [-0.3, -0.25) is 0 Å². The van der Waals surface area contributed by atoms with Crippen molar-refractivity contribution >= 4 is 22.9 Å². The highest BCUT2D eigenvalue weighted by Crippen LogP contribution is 2.26. The highest BCUT2D eigenvalue weighted by molar-refractivity contribution is 7.16. The van der Waals surface area contributed by atoms with Gasteiger partial charge in [0.1, 0.15) is 6.10 Å². The lowest BCUT2D eigenvalue weighted by atomic mass is 10.2. The van der Waals surface area contributed by atoms with Gasteiger partial charge in [-0.2, -0.15) is 0 Å². The second kappa shape index (κ2) is 6.48. The van der Waals surface area contributed by atoms with Crippen molar-refractivity contribution in [3.63, 3.8) is 0 Å². The molecular weight excluding hydrogens is 230 g/mol. The number of aliphatic hydroxyl groups is 1. The second-order valence-electron chi connectivity index (χ2n) is 3.76. The fourth-order valence-electron chi connectivity index (χ4n) is 1.46. The minimum absolute atomic E-state index is 0.443. The predicted molar refractivity (Wildman–Crippen MR) is 66.7 cm³/mol. The highest BCUT2D eigenvalue weighted by atomic mass is 35.5. The summed E-state index contributed by atoms with van der Waals surface area (Å²) in [7, 11) is 0. The van der Waals surface area contributed by atoms with Crippen LogP contribution in [0, 0.1) is 0 Å². The van der Waals surface area contributed by atoms with Gasteiger partial charge >= 0.3 is 0 Å². The van der Waals surface area contributed by atoms with Crippen molar-refractivity contribution in [1.82, 2.24) is 5.32 Å². The molecule has 0 aliphatic rings. The molecule has 0 bridgehead atoms. The molecule has 86 valence electrons. The minimum atomic E-state index is -0.443. The van der Waals surface area contributed by atoms with E-state index in [1.54, 1.807) is 0 Å². The van der Waals surface area contributed by atoms with Crippen molar-refractivity contribution in [1.29, 1.82) is 0 Å². The number of aliphatic hydroxyl groups excluding tert-OH is 1. The number of nitrogens with one attached hydrogen (secondary N) is 1. The Morgan fingerprint density at radius 3 is 2.80 bits per heavy atom. The van der Waals surface area contributed by atoms with Crippen LogP contribution < -0.4 is 5.32 Å². The van der Waals surface area contributed by atoms with Gasteiger partial charge in [0.15, 0.2) is 0 Å². The maximum Gasteiger partial charge on any atom is 0.101 e. The largest absolute Gasteiger partial charge is 0.386 e. The van der Waals surface area contributed by atoms with Gasteiger partial charge in [0.25, 0.3) is 0 Å². The molecule has 0 fully saturated rings. The van der Waals surface area contributed by atoms with Crippen LogP contribution in [0.15, 0.2) is 12.1 Å². The van der Waals surface area contributed by atoms with Crippen molar-refractivity contribution in [2.45, 2.75) is 38.8 Å². The number of hydrogen-bond acceptors (Lipinski definition) is 3. The molecule has 1 aromatic rings. The lowest BCUT2D eigenvalue weighted by Crippen LogP contribution is -2.29.